The van der Waals surface area contributed by atoms with E-state index in [1.165, 1.54) is 24.1 Å². The van der Waals surface area contributed by atoms with Gasteiger partial charge in [0.25, 0.3) is 5.91 Å². The maximum atomic E-state index is 13.1. The summed E-state index contributed by atoms with van der Waals surface area (Å²) in [6.45, 7) is 2.53. The van der Waals surface area contributed by atoms with Gasteiger partial charge in [-0.3, -0.25) is 9.59 Å². The summed E-state index contributed by atoms with van der Waals surface area (Å²) in [5.74, 6) is 1.59. The zero-order chi connectivity index (χ0) is 28.5. The summed E-state index contributed by atoms with van der Waals surface area (Å²) >= 11 is 0. The van der Waals surface area contributed by atoms with E-state index < -0.39 is 0 Å². The topological polar surface area (TPSA) is 90.5 Å². The van der Waals surface area contributed by atoms with Crippen molar-refractivity contribution in [1.82, 2.24) is 15.3 Å². The molecule has 41 heavy (non-hydrogen) atoms. The number of nitrogens with one attached hydrogen (secondary N) is 2. The number of carbonyl (C=O) groups is 2. The van der Waals surface area contributed by atoms with Crippen molar-refractivity contribution in [2.75, 3.05) is 29.2 Å². The number of anilines is 3. The normalized spacial score (nSPS) is 20.7. The molecule has 0 radical (unpaired) electrons. The van der Waals surface area contributed by atoms with Gasteiger partial charge in [0, 0.05) is 43.0 Å². The number of carbonyl (C=O) groups excluding carboxylic acids is 2. The van der Waals surface area contributed by atoms with E-state index in [2.05, 4.69) is 29.6 Å². The molecule has 2 aromatic carbocycles. The first-order valence-corrected chi connectivity index (χ1v) is 15.0. The number of fused-ring (bicyclic) bond motifs is 2. The molecule has 8 nitrogen and oxygen atoms in total. The van der Waals surface area contributed by atoms with E-state index in [0.29, 0.717) is 12.6 Å². The van der Waals surface area contributed by atoms with Crippen LogP contribution >= 0.6 is 0 Å². The molecule has 214 valence electrons. The number of rotatable bonds is 7. The predicted molar refractivity (Wildman–Crippen MR) is 163 cm³/mol. The van der Waals surface area contributed by atoms with Gasteiger partial charge in [-0.2, -0.15) is 4.98 Å². The van der Waals surface area contributed by atoms with E-state index in [1.807, 2.05) is 55.5 Å². The lowest BCUT2D eigenvalue weighted by Gasteiger charge is -2.31. The summed E-state index contributed by atoms with van der Waals surface area (Å²) < 4.78 is 0. The minimum Gasteiger partial charge on any atom is -0.362 e. The molecule has 1 unspecified atom stereocenters. The van der Waals surface area contributed by atoms with Gasteiger partial charge >= 0.3 is 0 Å². The molecule has 1 fully saturated rings. The zero-order valence-corrected chi connectivity index (χ0v) is 24.3. The lowest BCUT2D eigenvalue weighted by atomic mass is 9.90. The van der Waals surface area contributed by atoms with Crippen molar-refractivity contribution in [2.24, 2.45) is 0 Å². The average molecular weight is 553 g/mol. The smallest absolute Gasteiger partial charge is 0.258 e. The third kappa shape index (κ3) is 5.65. The summed E-state index contributed by atoms with van der Waals surface area (Å²) in [6.07, 6.45) is 8.28. The molecule has 1 aromatic heterocycles. The Balaban J connectivity index is 1.01. The fourth-order valence-electron chi connectivity index (χ4n) is 6.46. The van der Waals surface area contributed by atoms with Crippen molar-refractivity contribution in [2.45, 2.75) is 82.8 Å². The average Bonchev–Trinajstić information content (AvgIpc) is 3.33. The van der Waals surface area contributed by atoms with E-state index in [4.69, 9.17) is 9.97 Å². The molecular weight excluding hydrogens is 512 g/mol. The zero-order valence-electron chi connectivity index (χ0n) is 24.3. The fraction of sp³-hybridized carbons (Fsp3) is 0.455. The van der Waals surface area contributed by atoms with Crippen molar-refractivity contribution in [3.63, 3.8) is 0 Å². The number of hydrogen-bond acceptors (Lipinski definition) is 6. The second kappa shape index (κ2) is 11.5. The van der Waals surface area contributed by atoms with Crippen LogP contribution in [0.5, 0.6) is 0 Å². The van der Waals surface area contributed by atoms with Gasteiger partial charge < -0.3 is 20.4 Å². The maximum absolute atomic E-state index is 13.1. The highest BCUT2D eigenvalue weighted by Crippen LogP contribution is 2.31. The van der Waals surface area contributed by atoms with Crippen LogP contribution in [0.25, 0.3) is 0 Å². The Bertz CT molecular complexity index is 1430. The van der Waals surface area contributed by atoms with Gasteiger partial charge in [0.1, 0.15) is 5.82 Å². The van der Waals surface area contributed by atoms with Gasteiger partial charge in [0.05, 0.1) is 18.2 Å². The van der Waals surface area contributed by atoms with Gasteiger partial charge in [0.15, 0.2) is 0 Å². The van der Waals surface area contributed by atoms with Crippen LogP contribution in [0.15, 0.2) is 48.5 Å². The fourth-order valence-corrected chi connectivity index (χ4v) is 6.46. The molecule has 2 heterocycles. The molecule has 0 bridgehead atoms. The quantitative estimate of drug-likeness (QED) is 0.418. The van der Waals surface area contributed by atoms with Crippen LogP contribution in [0, 0.1) is 0 Å². The Kier molecular flexibility index (Phi) is 7.65. The minimum atomic E-state index is -0.264. The standard InChI is InChI=1S/C33H40N6O2/c1-21(22-12-18-26(19-13-22)39-20-23-8-4-5-9-27(23)32(39)41)31(40)34-24-14-16-25(17-15-24)35-33-36-29-11-7-6-10-28(29)30(37-33)38(2)3/h4-5,8-9,12-13,18-19,21,24-25H,6-7,10-11,14-17,20H2,1-3H3,(H,34,40)(H,35,36,37). The maximum Gasteiger partial charge on any atom is 0.258 e. The molecule has 2 N–H and O–H groups in total. The number of amides is 2. The Morgan fingerprint density at radius 3 is 2.39 bits per heavy atom. The molecule has 0 spiro atoms. The van der Waals surface area contributed by atoms with Crippen LogP contribution in [-0.4, -0.2) is 48.0 Å². The lowest BCUT2D eigenvalue weighted by Crippen LogP contribution is -2.41. The summed E-state index contributed by atoms with van der Waals surface area (Å²) in [5, 5.41) is 6.88. The van der Waals surface area contributed by atoms with Gasteiger partial charge in [0.2, 0.25) is 11.9 Å². The highest BCUT2D eigenvalue weighted by molar-refractivity contribution is 6.10. The van der Waals surface area contributed by atoms with Crippen LogP contribution in [0.4, 0.5) is 17.5 Å². The molecule has 6 rings (SSSR count). The molecule has 0 saturated heterocycles. The van der Waals surface area contributed by atoms with Gasteiger partial charge in [-0.05, 0) is 87.6 Å². The van der Waals surface area contributed by atoms with Crippen LogP contribution in [0.2, 0.25) is 0 Å². The van der Waals surface area contributed by atoms with Crippen molar-refractivity contribution < 1.29 is 9.59 Å². The summed E-state index contributed by atoms with van der Waals surface area (Å²) in [7, 11) is 4.11. The van der Waals surface area contributed by atoms with E-state index in [1.54, 1.807) is 4.90 Å². The summed E-state index contributed by atoms with van der Waals surface area (Å²) in [4.78, 5) is 39.6. The largest absolute Gasteiger partial charge is 0.362 e. The number of aryl methyl sites for hydroxylation is 1. The first-order valence-electron chi connectivity index (χ1n) is 15.0. The molecule has 3 aromatic rings. The van der Waals surface area contributed by atoms with Crippen molar-refractivity contribution in [3.8, 4) is 0 Å². The SMILES string of the molecule is CC(C(=O)NC1CCC(Nc2nc3c(c(N(C)C)n2)CCCC3)CC1)c1ccc(N2Cc3ccccc3C2=O)cc1. The Hall–Kier alpha value is -3.94. The Labute approximate surface area is 242 Å². The predicted octanol–water partition coefficient (Wildman–Crippen LogP) is 5.22. The van der Waals surface area contributed by atoms with E-state index in [-0.39, 0.29) is 23.8 Å². The van der Waals surface area contributed by atoms with Crippen molar-refractivity contribution in [3.05, 3.63) is 76.5 Å². The van der Waals surface area contributed by atoms with Crippen LogP contribution in [-0.2, 0) is 24.2 Å². The number of nitrogens with zero attached hydrogens (tertiary/aromatic N) is 4. The van der Waals surface area contributed by atoms with E-state index in [0.717, 1.165) is 72.7 Å². The molecular formula is C33H40N6O2. The lowest BCUT2D eigenvalue weighted by molar-refractivity contribution is -0.123. The van der Waals surface area contributed by atoms with Gasteiger partial charge in [-0.1, -0.05) is 30.3 Å². The van der Waals surface area contributed by atoms with Gasteiger partial charge in [-0.25, -0.2) is 4.98 Å². The summed E-state index contributed by atoms with van der Waals surface area (Å²) in [6, 6.07) is 16.1. The van der Waals surface area contributed by atoms with Gasteiger partial charge in [-0.15, -0.1) is 0 Å². The molecule has 1 saturated carbocycles. The number of hydrogen-bond donors (Lipinski definition) is 2. The van der Waals surface area contributed by atoms with Crippen molar-refractivity contribution >= 4 is 29.3 Å². The second-order valence-electron chi connectivity index (χ2n) is 12.0. The number of benzene rings is 2. The molecule has 2 amide bonds. The molecule has 8 heteroatoms. The van der Waals surface area contributed by atoms with Crippen molar-refractivity contribution in [1.29, 1.82) is 0 Å². The highest BCUT2D eigenvalue weighted by Gasteiger charge is 2.29. The summed E-state index contributed by atoms with van der Waals surface area (Å²) in [5.41, 5.74) is 6.12. The van der Waals surface area contributed by atoms with E-state index in [9.17, 15) is 9.59 Å². The Morgan fingerprint density at radius 1 is 0.951 bits per heavy atom. The minimum absolute atomic E-state index is 0.0283. The third-order valence-corrected chi connectivity index (χ3v) is 8.91. The first-order chi connectivity index (χ1) is 19.9. The van der Waals surface area contributed by atoms with E-state index >= 15 is 0 Å². The molecule has 1 atom stereocenters. The highest BCUT2D eigenvalue weighted by atomic mass is 16.2. The third-order valence-electron chi connectivity index (χ3n) is 8.91. The van der Waals surface area contributed by atoms with Crippen LogP contribution in [0.1, 0.15) is 84.1 Å². The Morgan fingerprint density at radius 2 is 1.66 bits per heavy atom. The molecule has 2 aliphatic carbocycles. The first kappa shape index (κ1) is 27.2. The molecule has 3 aliphatic rings. The number of aromatic nitrogens is 2. The van der Waals surface area contributed by atoms with Crippen LogP contribution < -0.4 is 20.4 Å². The molecule has 1 aliphatic heterocycles. The van der Waals surface area contributed by atoms with Crippen LogP contribution in [0.3, 0.4) is 0 Å². The monoisotopic (exact) mass is 552 g/mol. The second-order valence-corrected chi connectivity index (χ2v) is 12.0.